The molecule has 0 saturated carbocycles. The van der Waals surface area contributed by atoms with Crippen molar-refractivity contribution in [3.05, 3.63) is 71.3 Å². The fourth-order valence-corrected chi connectivity index (χ4v) is 4.05. The van der Waals surface area contributed by atoms with E-state index in [0.717, 1.165) is 16.7 Å². The molecule has 1 amide bonds. The number of esters is 1. The number of hydrogen-bond donors (Lipinski definition) is 2. The molecule has 0 spiro atoms. The zero-order valence-corrected chi connectivity index (χ0v) is 18.8. The Kier molecular flexibility index (Phi) is 8.37. The minimum absolute atomic E-state index is 0.141. The first-order valence-electron chi connectivity index (χ1n) is 11.0. The summed E-state index contributed by atoms with van der Waals surface area (Å²) in [5.74, 6) is -3.93. The molecule has 34 heavy (non-hydrogen) atoms. The highest BCUT2D eigenvalue weighted by atomic mass is 16.6. The Balaban J connectivity index is 1.73. The Labute approximate surface area is 197 Å². The lowest BCUT2D eigenvalue weighted by Crippen LogP contribution is -2.56. The monoisotopic (exact) mass is 467 g/mol. The molecule has 9 nitrogen and oxygen atoms in total. The van der Waals surface area contributed by atoms with Crippen molar-refractivity contribution in [1.82, 2.24) is 10.2 Å². The normalized spacial score (nSPS) is 16.7. The van der Waals surface area contributed by atoms with Gasteiger partial charge in [-0.05, 0) is 36.5 Å². The molecule has 0 saturated heterocycles. The third kappa shape index (κ3) is 6.41. The number of fused-ring (bicyclic) bond motifs is 1. The van der Waals surface area contributed by atoms with Crippen molar-refractivity contribution < 1.29 is 34.1 Å². The van der Waals surface area contributed by atoms with Crippen molar-refractivity contribution in [2.24, 2.45) is 0 Å². The SMILES string of the molecule is C[C@H](N[C@@H](CCc1ccccc1)C(=O)OCC(=O)[O-])C(=O)N1Cc2ccccc2C[C@H]1C(=O)O. The summed E-state index contributed by atoms with van der Waals surface area (Å²) < 4.78 is 4.80. The molecule has 0 fully saturated rings. The quantitative estimate of drug-likeness (QED) is 0.476. The molecule has 0 aliphatic carbocycles. The van der Waals surface area contributed by atoms with E-state index < -0.39 is 48.5 Å². The van der Waals surface area contributed by atoms with Gasteiger partial charge in [-0.25, -0.2) is 4.79 Å². The van der Waals surface area contributed by atoms with Crippen molar-refractivity contribution in [2.45, 2.75) is 50.9 Å². The first-order valence-corrected chi connectivity index (χ1v) is 11.0. The van der Waals surface area contributed by atoms with Gasteiger partial charge in [0.1, 0.15) is 18.7 Å². The zero-order chi connectivity index (χ0) is 24.7. The number of carbonyl (C=O) groups is 4. The number of aliphatic carboxylic acids is 2. The highest BCUT2D eigenvalue weighted by Gasteiger charge is 2.37. The van der Waals surface area contributed by atoms with Crippen molar-refractivity contribution in [2.75, 3.05) is 6.61 Å². The summed E-state index contributed by atoms with van der Waals surface area (Å²) in [5, 5.41) is 23.4. The predicted molar refractivity (Wildman–Crippen MR) is 119 cm³/mol. The molecule has 2 aromatic rings. The van der Waals surface area contributed by atoms with Crippen LogP contribution in [-0.2, 0) is 43.3 Å². The fourth-order valence-electron chi connectivity index (χ4n) is 4.05. The van der Waals surface area contributed by atoms with Crippen molar-refractivity contribution in [3.63, 3.8) is 0 Å². The Morgan fingerprint density at radius 1 is 1.09 bits per heavy atom. The van der Waals surface area contributed by atoms with Gasteiger partial charge in [-0.2, -0.15) is 0 Å². The standard InChI is InChI=1S/C25H28N2O7/c1-16(23(30)27-14-19-10-6-5-9-18(19)13-21(27)24(31)32)26-20(25(33)34-15-22(28)29)12-11-17-7-3-2-4-8-17/h2-10,16,20-21,26H,11-15H2,1H3,(H,28,29)(H,31,32)/p-1/t16-,20-,21-/m0/s1. The number of carboxylic acids is 2. The second-order valence-electron chi connectivity index (χ2n) is 8.24. The predicted octanol–water partition coefficient (Wildman–Crippen LogP) is 0.297. The molecule has 9 heteroatoms. The summed E-state index contributed by atoms with van der Waals surface area (Å²) in [6.07, 6.45) is 0.919. The number of benzene rings is 2. The minimum Gasteiger partial charge on any atom is -0.546 e. The van der Waals surface area contributed by atoms with E-state index in [1.54, 1.807) is 6.92 Å². The van der Waals surface area contributed by atoms with E-state index in [0.29, 0.717) is 6.42 Å². The maximum atomic E-state index is 13.3. The maximum absolute atomic E-state index is 13.3. The van der Waals surface area contributed by atoms with Crippen LogP contribution in [0.15, 0.2) is 54.6 Å². The molecule has 1 aliphatic heterocycles. The first-order chi connectivity index (χ1) is 16.3. The Morgan fingerprint density at radius 3 is 2.38 bits per heavy atom. The van der Waals surface area contributed by atoms with E-state index in [9.17, 15) is 29.4 Å². The van der Waals surface area contributed by atoms with Gasteiger partial charge in [0.25, 0.3) is 0 Å². The molecule has 0 aromatic heterocycles. The lowest BCUT2D eigenvalue weighted by molar-refractivity contribution is -0.309. The minimum atomic E-state index is -1.53. The van der Waals surface area contributed by atoms with Crippen LogP contribution in [0.2, 0.25) is 0 Å². The molecule has 0 unspecified atom stereocenters. The van der Waals surface area contributed by atoms with E-state index in [1.807, 2.05) is 54.6 Å². The molecule has 0 radical (unpaired) electrons. The van der Waals surface area contributed by atoms with Gasteiger partial charge >= 0.3 is 11.9 Å². The molecular weight excluding hydrogens is 440 g/mol. The van der Waals surface area contributed by atoms with Crippen LogP contribution in [0.1, 0.15) is 30.0 Å². The maximum Gasteiger partial charge on any atom is 0.326 e. The van der Waals surface area contributed by atoms with E-state index >= 15 is 0 Å². The van der Waals surface area contributed by atoms with Gasteiger partial charge in [0.2, 0.25) is 5.91 Å². The lowest BCUT2D eigenvalue weighted by atomic mass is 9.93. The van der Waals surface area contributed by atoms with Gasteiger partial charge in [0.05, 0.1) is 12.0 Å². The van der Waals surface area contributed by atoms with Crippen LogP contribution in [0, 0.1) is 0 Å². The lowest BCUT2D eigenvalue weighted by Gasteiger charge is -2.36. The van der Waals surface area contributed by atoms with Gasteiger partial charge in [0, 0.05) is 13.0 Å². The van der Waals surface area contributed by atoms with E-state index in [-0.39, 0.29) is 19.4 Å². The summed E-state index contributed by atoms with van der Waals surface area (Å²) in [7, 11) is 0. The number of amides is 1. The van der Waals surface area contributed by atoms with Crippen LogP contribution in [0.3, 0.4) is 0 Å². The Bertz CT molecular complexity index is 1040. The van der Waals surface area contributed by atoms with E-state index in [4.69, 9.17) is 4.74 Å². The number of carbonyl (C=O) groups excluding carboxylic acids is 3. The van der Waals surface area contributed by atoms with Crippen LogP contribution < -0.4 is 10.4 Å². The van der Waals surface area contributed by atoms with E-state index in [2.05, 4.69) is 5.32 Å². The summed E-state index contributed by atoms with van der Waals surface area (Å²) in [6, 6.07) is 13.8. The van der Waals surface area contributed by atoms with Crippen molar-refractivity contribution in [3.8, 4) is 0 Å². The number of carboxylic acid groups (broad SMARTS) is 2. The van der Waals surface area contributed by atoms with Gasteiger partial charge in [-0.15, -0.1) is 0 Å². The molecule has 2 aromatic carbocycles. The second kappa shape index (κ2) is 11.4. The molecule has 2 N–H and O–H groups in total. The Hall–Kier alpha value is -3.72. The van der Waals surface area contributed by atoms with Gasteiger partial charge in [0.15, 0.2) is 0 Å². The van der Waals surface area contributed by atoms with Gasteiger partial charge in [-0.3, -0.25) is 14.9 Å². The highest BCUT2D eigenvalue weighted by molar-refractivity contribution is 5.88. The third-order valence-corrected chi connectivity index (χ3v) is 5.82. The molecule has 1 aliphatic rings. The number of rotatable bonds is 10. The highest BCUT2D eigenvalue weighted by Crippen LogP contribution is 2.24. The summed E-state index contributed by atoms with van der Waals surface area (Å²) in [5.41, 5.74) is 2.71. The summed E-state index contributed by atoms with van der Waals surface area (Å²) in [6.45, 7) is 0.791. The number of aryl methyl sites for hydroxylation is 1. The van der Waals surface area contributed by atoms with Crippen LogP contribution in [0.5, 0.6) is 0 Å². The second-order valence-corrected chi connectivity index (χ2v) is 8.24. The largest absolute Gasteiger partial charge is 0.546 e. The fraction of sp³-hybridized carbons (Fsp3) is 0.360. The van der Waals surface area contributed by atoms with Crippen LogP contribution in [0.4, 0.5) is 0 Å². The zero-order valence-electron chi connectivity index (χ0n) is 18.8. The topological polar surface area (TPSA) is 136 Å². The molecule has 180 valence electrons. The number of hydrogen-bond acceptors (Lipinski definition) is 7. The smallest absolute Gasteiger partial charge is 0.326 e. The molecule has 3 atom stereocenters. The average Bonchev–Trinajstić information content (AvgIpc) is 2.84. The van der Waals surface area contributed by atoms with E-state index in [1.165, 1.54) is 4.90 Å². The van der Waals surface area contributed by atoms with Crippen molar-refractivity contribution >= 4 is 23.8 Å². The molecule has 0 bridgehead atoms. The number of ether oxygens (including phenoxy) is 1. The third-order valence-electron chi connectivity index (χ3n) is 5.82. The number of nitrogens with zero attached hydrogens (tertiary/aromatic N) is 1. The summed E-state index contributed by atoms with van der Waals surface area (Å²) in [4.78, 5) is 49.7. The number of nitrogens with one attached hydrogen (secondary N) is 1. The Morgan fingerprint density at radius 2 is 1.74 bits per heavy atom. The molecule has 1 heterocycles. The van der Waals surface area contributed by atoms with Gasteiger partial charge < -0.3 is 24.6 Å². The average molecular weight is 467 g/mol. The van der Waals surface area contributed by atoms with Crippen LogP contribution in [0.25, 0.3) is 0 Å². The first kappa shape index (κ1) is 24.9. The summed E-state index contributed by atoms with van der Waals surface area (Å²) >= 11 is 0. The van der Waals surface area contributed by atoms with Crippen LogP contribution in [-0.4, -0.2) is 58.6 Å². The van der Waals surface area contributed by atoms with Gasteiger partial charge in [-0.1, -0.05) is 54.6 Å². The van der Waals surface area contributed by atoms with Crippen molar-refractivity contribution in [1.29, 1.82) is 0 Å². The van der Waals surface area contributed by atoms with Crippen LogP contribution >= 0.6 is 0 Å². The molecule has 3 rings (SSSR count). The molecular formula is C25H27N2O7-.